The van der Waals surface area contributed by atoms with Gasteiger partial charge in [0.25, 0.3) is 0 Å². The molecule has 0 heterocycles. The minimum atomic E-state index is -1.10. The maximum absolute atomic E-state index is 12.4. The second-order valence-electron chi connectivity index (χ2n) is 5.20. The smallest absolute Gasteiger partial charge is 0.324 e. The quantitative estimate of drug-likeness (QED) is 0.447. The van der Waals surface area contributed by atoms with E-state index in [1.54, 1.807) is 31.2 Å². The molecule has 2 atom stereocenters. The second-order valence-corrected chi connectivity index (χ2v) is 5.64. The third kappa shape index (κ3) is 3.60. The summed E-state index contributed by atoms with van der Waals surface area (Å²) in [5.41, 5.74) is -1.10. The van der Waals surface area contributed by atoms with E-state index in [4.69, 9.17) is 16.3 Å². The van der Waals surface area contributed by atoms with Gasteiger partial charge in [-0.05, 0) is 44.0 Å². The fourth-order valence-electron chi connectivity index (χ4n) is 1.87. The molecular weight excluding hydrogens is 276 g/mol. The molecule has 110 valence electrons. The lowest BCUT2D eigenvalue weighted by Gasteiger charge is -2.27. The first kappa shape index (κ1) is 16.7. The molecule has 0 radical (unpaired) electrons. The van der Waals surface area contributed by atoms with E-state index >= 15 is 0 Å². The first-order valence-electron chi connectivity index (χ1n) is 6.87. The minimum Gasteiger partial charge on any atom is -0.426 e. The van der Waals surface area contributed by atoms with Crippen molar-refractivity contribution in [1.82, 2.24) is 0 Å². The molecule has 4 heteroatoms. The summed E-state index contributed by atoms with van der Waals surface area (Å²) in [4.78, 5) is 24.7. The van der Waals surface area contributed by atoms with Gasteiger partial charge in [0, 0.05) is 10.9 Å². The Kier molecular flexibility index (Phi) is 5.75. The van der Waals surface area contributed by atoms with Gasteiger partial charge < -0.3 is 4.74 Å². The van der Waals surface area contributed by atoms with Gasteiger partial charge in [0.15, 0.2) is 5.78 Å². The molecule has 0 N–H and O–H groups in total. The maximum Gasteiger partial charge on any atom is 0.324 e. The van der Waals surface area contributed by atoms with Gasteiger partial charge in [-0.2, -0.15) is 0 Å². The molecule has 0 aliphatic carbocycles. The summed E-state index contributed by atoms with van der Waals surface area (Å²) in [6.45, 7) is 7.25. The SMILES string of the molecule is CCC(C)C(=O)C(C)(CC)C(=O)Oc1ccc(Cl)cc1. The summed E-state index contributed by atoms with van der Waals surface area (Å²) in [5, 5.41) is 0.568. The third-order valence-electron chi connectivity index (χ3n) is 3.79. The van der Waals surface area contributed by atoms with Crippen molar-refractivity contribution in [2.24, 2.45) is 11.3 Å². The number of rotatable bonds is 6. The molecule has 1 rings (SSSR count). The van der Waals surface area contributed by atoms with E-state index in [0.717, 1.165) is 0 Å². The average molecular weight is 297 g/mol. The molecule has 0 aliphatic rings. The predicted octanol–water partition coefficient (Wildman–Crippen LogP) is 4.28. The van der Waals surface area contributed by atoms with E-state index in [1.165, 1.54) is 0 Å². The Labute approximate surface area is 125 Å². The normalized spacial score (nSPS) is 15.2. The highest BCUT2D eigenvalue weighted by Gasteiger charge is 2.42. The number of halogens is 1. The minimum absolute atomic E-state index is 0.0681. The van der Waals surface area contributed by atoms with Gasteiger partial charge in [-0.3, -0.25) is 9.59 Å². The Morgan fingerprint density at radius 2 is 1.80 bits per heavy atom. The molecule has 0 bridgehead atoms. The Hall–Kier alpha value is -1.35. The van der Waals surface area contributed by atoms with Gasteiger partial charge in [0.2, 0.25) is 0 Å². The van der Waals surface area contributed by atoms with Crippen LogP contribution in [0.1, 0.15) is 40.5 Å². The van der Waals surface area contributed by atoms with E-state index in [9.17, 15) is 9.59 Å². The van der Waals surface area contributed by atoms with Crippen LogP contribution in [-0.4, -0.2) is 11.8 Å². The molecule has 0 aliphatic heterocycles. The zero-order valence-corrected chi connectivity index (χ0v) is 13.2. The topological polar surface area (TPSA) is 43.4 Å². The second kappa shape index (κ2) is 6.89. The van der Waals surface area contributed by atoms with Crippen molar-refractivity contribution in [3.8, 4) is 5.75 Å². The van der Waals surface area contributed by atoms with Crippen LogP contribution in [0.5, 0.6) is 5.75 Å². The number of carbonyl (C=O) groups is 2. The summed E-state index contributed by atoms with van der Waals surface area (Å²) in [7, 11) is 0. The van der Waals surface area contributed by atoms with Crippen molar-refractivity contribution >= 4 is 23.4 Å². The Balaban J connectivity index is 2.91. The van der Waals surface area contributed by atoms with Gasteiger partial charge in [-0.15, -0.1) is 0 Å². The number of esters is 1. The highest BCUT2D eigenvalue weighted by molar-refractivity contribution is 6.30. The molecule has 3 nitrogen and oxygen atoms in total. The molecule has 0 amide bonds. The Bertz CT molecular complexity index is 481. The van der Waals surface area contributed by atoms with Gasteiger partial charge in [-0.25, -0.2) is 0 Å². The Morgan fingerprint density at radius 3 is 2.25 bits per heavy atom. The van der Waals surface area contributed by atoms with Crippen LogP contribution in [0.3, 0.4) is 0 Å². The first-order chi connectivity index (χ1) is 9.35. The number of benzene rings is 1. The van der Waals surface area contributed by atoms with Crippen LogP contribution in [0.25, 0.3) is 0 Å². The van der Waals surface area contributed by atoms with Crippen molar-refractivity contribution in [3.63, 3.8) is 0 Å². The maximum atomic E-state index is 12.4. The zero-order valence-electron chi connectivity index (χ0n) is 12.4. The molecule has 0 aromatic heterocycles. The summed E-state index contributed by atoms with van der Waals surface area (Å²) in [6.07, 6.45) is 1.13. The number of carbonyl (C=O) groups excluding carboxylic acids is 2. The number of hydrogen-bond donors (Lipinski definition) is 0. The molecule has 2 unspecified atom stereocenters. The first-order valence-corrected chi connectivity index (χ1v) is 7.25. The fourth-order valence-corrected chi connectivity index (χ4v) is 2.00. The highest BCUT2D eigenvalue weighted by atomic mass is 35.5. The van der Waals surface area contributed by atoms with Crippen LogP contribution in [0.15, 0.2) is 24.3 Å². The van der Waals surface area contributed by atoms with Gasteiger partial charge in [0.05, 0.1) is 0 Å². The van der Waals surface area contributed by atoms with Gasteiger partial charge in [-0.1, -0.05) is 32.4 Å². The monoisotopic (exact) mass is 296 g/mol. The third-order valence-corrected chi connectivity index (χ3v) is 4.04. The molecular formula is C16H21ClO3. The summed E-state index contributed by atoms with van der Waals surface area (Å²) in [5.74, 6) is -0.331. The highest BCUT2D eigenvalue weighted by Crippen LogP contribution is 2.30. The van der Waals surface area contributed by atoms with Crippen molar-refractivity contribution in [1.29, 1.82) is 0 Å². The molecule has 1 aromatic carbocycles. The zero-order chi connectivity index (χ0) is 15.3. The molecule has 0 saturated carbocycles. The van der Waals surface area contributed by atoms with E-state index in [1.807, 2.05) is 20.8 Å². The van der Waals surface area contributed by atoms with Crippen molar-refractivity contribution in [3.05, 3.63) is 29.3 Å². The number of Topliss-reactive ketones (excluding diaryl/α,β-unsaturated/α-hetero) is 1. The van der Waals surface area contributed by atoms with Crippen LogP contribution in [0.4, 0.5) is 0 Å². The molecule has 20 heavy (non-hydrogen) atoms. The standard InChI is InChI=1S/C16H21ClO3/c1-5-11(3)14(18)16(4,6-2)15(19)20-13-9-7-12(17)8-10-13/h7-11H,5-6H2,1-4H3. The van der Waals surface area contributed by atoms with Gasteiger partial charge in [0.1, 0.15) is 11.2 Å². The van der Waals surface area contributed by atoms with Crippen LogP contribution in [0.2, 0.25) is 5.02 Å². The lowest BCUT2D eigenvalue weighted by Crippen LogP contribution is -2.41. The van der Waals surface area contributed by atoms with E-state index < -0.39 is 11.4 Å². The number of hydrogen-bond acceptors (Lipinski definition) is 3. The van der Waals surface area contributed by atoms with Gasteiger partial charge >= 0.3 is 5.97 Å². The van der Waals surface area contributed by atoms with Crippen LogP contribution < -0.4 is 4.74 Å². The number of ether oxygens (including phenoxy) is 1. The van der Waals surface area contributed by atoms with Crippen molar-refractivity contribution in [2.45, 2.75) is 40.5 Å². The molecule has 0 spiro atoms. The summed E-state index contributed by atoms with van der Waals surface area (Å²) >= 11 is 5.78. The van der Waals surface area contributed by atoms with E-state index in [0.29, 0.717) is 23.6 Å². The summed E-state index contributed by atoms with van der Waals surface area (Å²) in [6, 6.07) is 6.52. The molecule has 0 fully saturated rings. The van der Waals surface area contributed by atoms with Crippen molar-refractivity contribution in [2.75, 3.05) is 0 Å². The molecule has 1 aromatic rings. The predicted molar refractivity (Wildman–Crippen MR) is 79.9 cm³/mol. The number of ketones is 1. The molecule has 0 saturated heterocycles. The average Bonchev–Trinajstić information content (AvgIpc) is 2.46. The lowest BCUT2D eigenvalue weighted by molar-refractivity contribution is -0.153. The van der Waals surface area contributed by atoms with Crippen LogP contribution in [-0.2, 0) is 9.59 Å². The van der Waals surface area contributed by atoms with Crippen molar-refractivity contribution < 1.29 is 14.3 Å². The van der Waals surface area contributed by atoms with Crippen LogP contribution >= 0.6 is 11.6 Å². The van der Waals surface area contributed by atoms with E-state index in [2.05, 4.69) is 0 Å². The van der Waals surface area contributed by atoms with E-state index in [-0.39, 0.29) is 11.7 Å². The lowest BCUT2D eigenvalue weighted by atomic mass is 9.77. The van der Waals surface area contributed by atoms with Crippen LogP contribution in [0, 0.1) is 11.3 Å². The largest absolute Gasteiger partial charge is 0.426 e. The Morgan fingerprint density at radius 1 is 1.25 bits per heavy atom. The fraction of sp³-hybridized carbons (Fsp3) is 0.500. The summed E-state index contributed by atoms with van der Waals surface area (Å²) < 4.78 is 5.32.